The molecule has 0 heterocycles. The van der Waals surface area contributed by atoms with Crippen LogP contribution >= 0.6 is 11.6 Å². The van der Waals surface area contributed by atoms with Crippen LogP contribution in [0.5, 0.6) is 5.75 Å². The number of hydrogen-bond donors (Lipinski definition) is 0. The molecule has 0 atom stereocenters. The number of rotatable bonds is 3. The largest absolute Gasteiger partial charge is 0.489 e. The van der Waals surface area contributed by atoms with E-state index in [4.69, 9.17) is 21.6 Å². The van der Waals surface area contributed by atoms with Crippen LogP contribution in [-0.4, -0.2) is 0 Å². The Hall–Kier alpha value is -2.05. The van der Waals surface area contributed by atoms with Crippen LogP contribution in [-0.2, 0) is 6.61 Å². The van der Waals surface area contributed by atoms with Gasteiger partial charge in [-0.3, -0.25) is 0 Å². The molecule has 4 heteroatoms. The van der Waals surface area contributed by atoms with Gasteiger partial charge in [-0.15, -0.1) is 0 Å². The van der Waals surface area contributed by atoms with E-state index in [2.05, 4.69) is 0 Å². The summed E-state index contributed by atoms with van der Waals surface area (Å²) in [6.07, 6.45) is 0. The Kier molecular flexibility index (Phi) is 4.03. The minimum Gasteiger partial charge on any atom is -0.489 e. The lowest BCUT2D eigenvalue weighted by Crippen LogP contribution is -1.99. The summed E-state index contributed by atoms with van der Waals surface area (Å²) in [5.41, 5.74) is 1.66. The Morgan fingerprint density at radius 1 is 1.26 bits per heavy atom. The number of halogens is 2. The van der Waals surface area contributed by atoms with Crippen molar-refractivity contribution in [2.24, 2.45) is 0 Å². The molecule has 0 bridgehead atoms. The molecule has 0 aromatic heterocycles. The van der Waals surface area contributed by atoms with Gasteiger partial charge in [-0.25, -0.2) is 4.39 Å². The van der Waals surface area contributed by atoms with Crippen molar-refractivity contribution in [1.82, 2.24) is 0 Å². The summed E-state index contributed by atoms with van der Waals surface area (Å²) in [6, 6.07) is 11.4. The van der Waals surface area contributed by atoms with E-state index in [9.17, 15) is 4.39 Å². The summed E-state index contributed by atoms with van der Waals surface area (Å²) in [4.78, 5) is 0. The monoisotopic (exact) mass is 275 g/mol. The van der Waals surface area contributed by atoms with Crippen molar-refractivity contribution in [3.05, 3.63) is 63.9 Å². The number of benzene rings is 2. The van der Waals surface area contributed by atoms with Gasteiger partial charge in [0, 0.05) is 10.6 Å². The molecular weight excluding hydrogens is 265 g/mol. The maximum absolute atomic E-state index is 13.5. The van der Waals surface area contributed by atoms with Gasteiger partial charge >= 0.3 is 0 Å². The molecule has 0 aliphatic heterocycles. The average molecular weight is 276 g/mol. The van der Waals surface area contributed by atoms with E-state index < -0.39 is 0 Å². The van der Waals surface area contributed by atoms with Gasteiger partial charge in [-0.2, -0.15) is 5.26 Å². The zero-order valence-corrected chi connectivity index (χ0v) is 11.0. The summed E-state index contributed by atoms with van der Waals surface area (Å²) in [7, 11) is 0. The molecule has 0 saturated heterocycles. The summed E-state index contributed by atoms with van der Waals surface area (Å²) in [5, 5.41) is 9.43. The number of aryl methyl sites for hydroxylation is 1. The van der Waals surface area contributed by atoms with Crippen LogP contribution in [0.25, 0.3) is 0 Å². The minimum absolute atomic E-state index is 0.0719. The lowest BCUT2D eigenvalue weighted by Gasteiger charge is -2.08. The predicted molar refractivity (Wildman–Crippen MR) is 71.6 cm³/mol. The van der Waals surface area contributed by atoms with Gasteiger partial charge in [0.2, 0.25) is 0 Å². The van der Waals surface area contributed by atoms with Gasteiger partial charge in [0.25, 0.3) is 0 Å². The fourth-order valence-electron chi connectivity index (χ4n) is 1.62. The fraction of sp³-hybridized carbons (Fsp3) is 0.133. The molecule has 0 unspecified atom stereocenters. The molecule has 0 amide bonds. The smallest absolute Gasteiger partial charge is 0.129 e. The van der Waals surface area contributed by atoms with Crippen LogP contribution in [0.15, 0.2) is 36.4 Å². The molecule has 2 rings (SSSR count). The second-order valence-electron chi connectivity index (χ2n) is 4.12. The third kappa shape index (κ3) is 3.24. The lowest BCUT2D eigenvalue weighted by molar-refractivity contribution is 0.299. The van der Waals surface area contributed by atoms with E-state index in [0.29, 0.717) is 21.9 Å². The maximum Gasteiger partial charge on any atom is 0.129 e. The second kappa shape index (κ2) is 5.73. The first-order valence-corrected chi connectivity index (χ1v) is 6.05. The normalized spacial score (nSPS) is 10.0. The molecule has 0 saturated carbocycles. The molecule has 0 aliphatic rings. The molecule has 2 aromatic carbocycles. The van der Waals surface area contributed by atoms with E-state index in [0.717, 1.165) is 5.56 Å². The van der Waals surface area contributed by atoms with Gasteiger partial charge in [0.05, 0.1) is 11.6 Å². The summed E-state index contributed by atoms with van der Waals surface area (Å²) in [6.45, 7) is 1.94. The highest BCUT2D eigenvalue weighted by molar-refractivity contribution is 6.31. The van der Waals surface area contributed by atoms with E-state index in [-0.39, 0.29) is 12.4 Å². The number of ether oxygens (including phenoxy) is 1. The molecule has 0 fully saturated rings. The lowest BCUT2D eigenvalue weighted by atomic mass is 10.1. The number of nitriles is 1. The van der Waals surface area contributed by atoms with Gasteiger partial charge in [0.1, 0.15) is 18.2 Å². The van der Waals surface area contributed by atoms with Gasteiger partial charge in [-0.05, 0) is 48.9 Å². The van der Waals surface area contributed by atoms with Crippen LogP contribution in [0.1, 0.15) is 16.7 Å². The Morgan fingerprint density at radius 2 is 2.05 bits per heavy atom. The second-order valence-corrected chi connectivity index (χ2v) is 4.52. The van der Waals surface area contributed by atoms with Crippen molar-refractivity contribution in [2.75, 3.05) is 0 Å². The zero-order chi connectivity index (χ0) is 13.8. The first-order valence-electron chi connectivity index (χ1n) is 5.67. The Balaban J connectivity index is 2.14. The summed E-state index contributed by atoms with van der Waals surface area (Å²) in [5.74, 6) is 0.230. The molecule has 0 spiro atoms. The Labute approximate surface area is 116 Å². The molecule has 2 nitrogen and oxygen atoms in total. The quantitative estimate of drug-likeness (QED) is 0.839. The Morgan fingerprint density at radius 3 is 2.74 bits per heavy atom. The van der Waals surface area contributed by atoms with Crippen LogP contribution in [0.3, 0.4) is 0 Å². The third-order valence-electron chi connectivity index (χ3n) is 2.70. The van der Waals surface area contributed by atoms with Crippen molar-refractivity contribution in [2.45, 2.75) is 13.5 Å². The average Bonchev–Trinajstić information content (AvgIpc) is 2.41. The topological polar surface area (TPSA) is 33.0 Å². The zero-order valence-electron chi connectivity index (χ0n) is 10.3. The van der Waals surface area contributed by atoms with Crippen molar-refractivity contribution in [3.63, 3.8) is 0 Å². The van der Waals surface area contributed by atoms with Crippen molar-refractivity contribution in [3.8, 4) is 11.8 Å². The van der Waals surface area contributed by atoms with E-state index >= 15 is 0 Å². The molecule has 0 aliphatic carbocycles. The fourth-order valence-corrected chi connectivity index (χ4v) is 1.74. The van der Waals surface area contributed by atoms with Gasteiger partial charge in [0.15, 0.2) is 0 Å². The minimum atomic E-state index is -0.385. The van der Waals surface area contributed by atoms with Gasteiger partial charge in [-0.1, -0.05) is 11.6 Å². The summed E-state index contributed by atoms with van der Waals surface area (Å²) < 4.78 is 19.0. The van der Waals surface area contributed by atoms with E-state index in [1.807, 2.05) is 13.0 Å². The molecule has 96 valence electrons. The van der Waals surface area contributed by atoms with Crippen molar-refractivity contribution < 1.29 is 9.13 Å². The standard InChI is InChI=1S/C15H11ClFNO/c1-10-6-13(3-4-14(10)16)19-9-12-7-11(8-18)2-5-15(12)17/h2-7H,9H2,1H3. The Bertz CT molecular complexity index is 649. The predicted octanol–water partition coefficient (Wildman–Crippen LogP) is 4.24. The van der Waals surface area contributed by atoms with Crippen molar-refractivity contribution >= 4 is 11.6 Å². The van der Waals surface area contributed by atoms with Crippen LogP contribution in [0.2, 0.25) is 5.02 Å². The van der Waals surface area contributed by atoms with E-state index in [1.165, 1.54) is 18.2 Å². The number of nitrogens with zero attached hydrogens (tertiary/aromatic N) is 1. The molecule has 0 radical (unpaired) electrons. The summed E-state index contributed by atoms with van der Waals surface area (Å²) >= 11 is 5.91. The maximum atomic E-state index is 13.5. The highest BCUT2D eigenvalue weighted by Gasteiger charge is 2.05. The highest BCUT2D eigenvalue weighted by Crippen LogP contribution is 2.22. The van der Waals surface area contributed by atoms with Crippen molar-refractivity contribution in [1.29, 1.82) is 5.26 Å². The third-order valence-corrected chi connectivity index (χ3v) is 3.12. The number of hydrogen-bond acceptors (Lipinski definition) is 2. The molecule has 0 N–H and O–H groups in total. The molecular formula is C15H11ClFNO. The van der Waals surface area contributed by atoms with E-state index in [1.54, 1.807) is 18.2 Å². The van der Waals surface area contributed by atoms with Crippen LogP contribution < -0.4 is 4.74 Å². The highest BCUT2D eigenvalue weighted by atomic mass is 35.5. The van der Waals surface area contributed by atoms with Crippen LogP contribution in [0.4, 0.5) is 4.39 Å². The molecule has 19 heavy (non-hydrogen) atoms. The van der Waals surface area contributed by atoms with Crippen LogP contribution in [0, 0.1) is 24.1 Å². The van der Waals surface area contributed by atoms with Gasteiger partial charge < -0.3 is 4.74 Å². The SMILES string of the molecule is Cc1cc(OCc2cc(C#N)ccc2F)ccc1Cl. The molecule has 2 aromatic rings. The first kappa shape index (κ1) is 13.4. The first-order chi connectivity index (χ1) is 9.10.